The van der Waals surface area contributed by atoms with Gasteiger partial charge in [0.15, 0.2) is 5.69 Å². The monoisotopic (exact) mass is 340 g/mol. The summed E-state index contributed by atoms with van der Waals surface area (Å²) < 4.78 is 38.7. The topological polar surface area (TPSA) is 61.3 Å². The molecule has 2 N–H and O–H groups in total. The molecule has 0 bridgehead atoms. The van der Waals surface area contributed by atoms with Crippen molar-refractivity contribution in [3.05, 3.63) is 47.2 Å². The minimum Gasteiger partial charge on any atom is -0.392 e. The number of benzene rings is 1. The van der Waals surface area contributed by atoms with Crippen molar-refractivity contribution in [2.24, 2.45) is 0 Å². The van der Waals surface area contributed by atoms with E-state index >= 15 is 0 Å². The highest BCUT2D eigenvalue weighted by molar-refractivity contribution is 5.44. The number of rotatable bonds is 6. The van der Waals surface area contributed by atoms with Crippen LogP contribution < -0.4 is 10.2 Å². The Hall–Kier alpha value is -2.35. The van der Waals surface area contributed by atoms with Gasteiger partial charge < -0.3 is 15.3 Å². The van der Waals surface area contributed by atoms with E-state index in [1.807, 2.05) is 12.1 Å². The molecule has 0 amide bonds. The minimum atomic E-state index is -4.52. The van der Waals surface area contributed by atoms with Crippen LogP contribution in [0.4, 0.5) is 24.9 Å². The summed E-state index contributed by atoms with van der Waals surface area (Å²) in [5.41, 5.74) is 0.832. The lowest BCUT2D eigenvalue weighted by Gasteiger charge is -2.16. The van der Waals surface area contributed by atoms with Crippen LogP contribution in [-0.2, 0) is 19.2 Å². The molecule has 0 saturated carbocycles. The first-order valence-corrected chi connectivity index (χ1v) is 7.36. The zero-order chi connectivity index (χ0) is 17.7. The van der Waals surface area contributed by atoms with Crippen molar-refractivity contribution in [2.45, 2.75) is 19.2 Å². The van der Waals surface area contributed by atoms with Crippen LogP contribution in [0.2, 0.25) is 0 Å². The van der Waals surface area contributed by atoms with Crippen LogP contribution in [0.1, 0.15) is 16.8 Å². The Bertz CT molecular complexity index is 672. The van der Waals surface area contributed by atoms with Crippen molar-refractivity contribution in [3.8, 4) is 0 Å². The number of hydrogen-bond donors (Lipinski definition) is 2. The number of aromatic nitrogens is 2. The molecular weight excluding hydrogens is 321 g/mol. The van der Waals surface area contributed by atoms with Gasteiger partial charge in [-0.25, -0.2) is 4.98 Å². The number of hydrogen-bond acceptors (Lipinski definition) is 5. The minimum absolute atomic E-state index is 0.0239. The number of anilines is 2. The number of alkyl halides is 3. The SMILES string of the molecule is CN(C)c1cc(C(F)(F)F)nc(NCCc2ccc(CO)cc2)n1. The maximum absolute atomic E-state index is 12.9. The molecule has 5 nitrogen and oxygen atoms in total. The third-order valence-electron chi connectivity index (χ3n) is 3.36. The standard InChI is InChI=1S/C16H19F3N4O/c1-23(2)14-9-13(16(17,18)19)21-15(22-14)20-8-7-11-3-5-12(10-24)6-4-11/h3-6,9,24H,7-8,10H2,1-2H3,(H,20,21,22). The van der Waals surface area contributed by atoms with E-state index in [-0.39, 0.29) is 18.4 Å². The molecule has 1 aromatic carbocycles. The fourth-order valence-electron chi connectivity index (χ4n) is 2.02. The summed E-state index contributed by atoms with van der Waals surface area (Å²) in [4.78, 5) is 9.11. The van der Waals surface area contributed by atoms with E-state index in [0.717, 1.165) is 17.2 Å². The van der Waals surface area contributed by atoms with Gasteiger partial charge >= 0.3 is 6.18 Å². The molecule has 2 rings (SSSR count). The van der Waals surface area contributed by atoms with Gasteiger partial charge in [0.05, 0.1) is 6.61 Å². The zero-order valence-electron chi connectivity index (χ0n) is 13.4. The van der Waals surface area contributed by atoms with Gasteiger partial charge in [0, 0.05) is 26.7 Å². The second kappa shape index (κ2) is 7.48. The Balaban J connectivity index is 2.06. The Morgan fingerprint density at radius 2 is 1.71 bits per heavy atom. The number of nitrogens with one attached hydrogen (secondary N) is 1. The van der Waals surface area contributed by atoms with E-state index in [1.54, 1.807) is 26.2 Å². The van der Waals surface area contributed by atoms with Crippen molar-refractivity contribution >= 4 is 11.8 Å². The van der Waals surface area contributed by atoms with Gasteiger partial charge in [0.1, 0.15) is 5.82 Å². The Labute approximate surface area is 138 Å². The molecule has 0 radical (unpaired) electrons. The summed E-state index contributed by atoms with van der Waals surface area (Å²) in [6.07, 6.45) is -3.92. The lowest BCUT2D eigenvalue weighted by molar-refractivity contribution is -0.141. The van der Waals surface area contributed by atoms with Gasteiger partial charge in [-0.15, -0.1) is 0 Å². The van der Waals surface area contributed by atoms with E-state index < -0.39 is 11.9 Å². The highest BCUT2D eigenvalue weighted by Crippen LogP contribution is 2.30. The van der Waals surface area contributed by atoms with E-state index in [0.29, 0.717) is 13.0 Å². The molecule has 0 aliphatic rings. The molecule has 0 spiro atoms. The molecule has 1 heterocycles. The van der Waals surface area contributed by atoms with Crippen LogP contribution in [0.5, 0.6) is 0 Å². The van der Waals surface area contributed by atoms with Crippen LogP contribution >= 0.6 is 0 Å². The molecule has 0 atom stereocenters. The van der Waals surface area contributed by atoms with E-state index in [4.69, 9.17) is 5.11 Å². The second-order valence-corrected chi connectivity index (χ2v) is 5.48. The molecule has 0 aliphatic heterocycles. The number of halogens is 3. The summed E-state index contributed by atoms with van der Waals surface area (Å²) in [6, 6.07) is 8.26. The largest absolute Gasteiger partial charge is 0.433 e. The average molecular weight is 340 g/mol. The molecule has 0 unspecified atom stereocenters. The second-order valence-electron chi connectivity index (χ2n) is 5.48. The zero-order valence-corrected chi connectivity index (χ0v) is 13.4. The lowest BCUT2D eigenvalue weighted by atomic mass is 10.1. The predicted molar refractivity (Wildman–Crippen MR) is 85.9 cm³/mol. The summed E-state index contributed by atoms with van der Waals surface area (Å²) in [5, 5.41) is 11.8. The van der Waals surface area contributed by atoms with Gasteiger partial charge in [-0.2, -0.15) is 18.2 Å². The lowest BCUT2D eigenvalue weighted by Crippen LogP contribution is -2.18. The summed E-state index contributed by atoms with van der Waals surface area (Å²) in [6.45, 7) is 0.372. The Kier molecular flexibility index (Phi) is 5.61. The highest BCUT2D eigenvalue weighted by atomic mass is 19.4. The first-order chi connectivity index (χ1) is 11.3. The summed E-state index contributed by atoms with van der Waals surface area (Å²) in [7, 11) is 3.24. The van der Waals surface area contributed by atoms with Crippen molar-refractivity contribution < 1.29 is 18.3 Å². The molecule has 130 valence electrons. The Morgan fingerprint density at radius 3 is 2.25 bits per heavy atom. The normalized spacial score (nSPS) is 11.4. The maximum atomic E-state index is 12.9. The van der Waals surface area contributed by atoms with E-state index in [9.17, 15) is 13.2 Å². The summed E-state index contributed by atoms with van der Waals surface area (Å²) >= 11 is 0. The average Bonchev–Trinajstić information content (AvgIpc) is 2.54. The van der Waals surface area contributed by atoms with Crippen LogP contribution in [0.15, 0.2) is 30.3 Å². The third-order valence-corrected chi connectivity index (χ3v) is 3.36. The molecule has 2 aromatic rings. The van der Waals surface area contributed by atoms with E-state index in [1.165, 1.54) is 4.90 Å². The van der Waals surface area contributed by atoms with Crippen LogP contribution in [-0.4, -0.2) is 35.7 Å². The van der Waals surface area contributed by atoms with Crippen LogP contribution in [0.3, 0.4) is 0 Å². The van der Waals surface area contributed by atoms with Gasteiger partial charge in [-0.3, -0.25) is 0 Å². The smallest absolute Gasteiger partial charge is 0.392 e. The van der Waals surface area contributed by atoms with Crippen molar-refractivity contribution in [1.29, 1.82) is 0 Å². The molecule has 0 fully saturated rings. The molecule has 1 aromatic heterocycles. The molecular formula is C16H19F3N4O. The van der Waals surface area contributed by atoms with Crippen LogP contribution in [0.25, 0.3) is 0 Å². The molecule has 24 heavy (non-hydrogen) atoms. The van der Waals surface area contributed by atoms with Crippen molar-refractivity contribution in [1.82, 2.24) is 9.97 Å². The van der Waals surface area contributed by atoms with Crippen LogP contribution in [0, 0.1) is 0 Å². The first-order valence-electron chi connectivity index (χ1n) is 7.36. The van der Waals surface area contributed by atoms with Crippen molar-refractivity contribution in [3.63, 3.8) is 0 Å². The molecule has 0 saturated heterocycles. The maximum Gasteiger partial charge on any atom is 0.433 e. The van der Waals surface area contributed by atoms with Gasteiger partial charge in [-0.05, 0) is 17.5 Å². The molecule has 0 aliphatic carbocycles. The fourth-order valence-corrected chi connectivity index (χ4v) is 2.02. The Morgan fingerprint density at radius 1 is 1.08 bits per heavy atom. The molecule has 8 heteroatoms. The van der Waals surface area contributed by atoms with E-state index in [2.05, 4.69) is 15.3 Å². The quantitative estimate of drug-likeness (QED) is 0.847. The number of aliphatic hydroxyl groups excluding tert-OH is 1. The van der Waals surface area contributed by atoms with Gasteiger partial charge in [-0.1, -0.05) is 24.3 Å². The number of nitrogens with zero attached hydrogens (tertiary/aromatic N) is 3. The number of aliphatic hydroxyl groups is 1. The van der Waals surface area contributed by atoms with Gasteiger partial charge in [0.2, 0.25) is 5.95 Å². The predicted octanol–water partition coefficient (Wildman–Crippen LogP) is 2.71. The van der Waals surface area contributed by atoms with Crippen molar-refractivity contribution in [2.75, 3.05) is 30.9 Å². The van der Waals surface area contributed by atoms with Gasteiger partial charge in [0.25, 0.3) is 0 Å². The highest BCUT2D eigenvalue weighted by Gasteiger charge is 2.33. The summed E-state index contributed by atoms with van der Waals surface area (Å²) in [5.74, 6) is 0.132. The third kappa shape index (κ3) is 4.82. The fraction of sp³-hybridized carbons (Fsp3) is 0.375. The first kappa shape index (κ1) is 18.0.